The Morgan fingerprint density at radius 1 is 1.07 bits per heavy atom. The molecule has 4 N–H and O–H groups in total. The second-order valence-electron chi connectivity index (χ2n) is 7.72. The molecule has 1 fully saturated rings. The van der Waals surface area contributed by atoms with Gasteiger partial charge in [-0.25, -0.2) is 4.98 Å². The van der Waals surface area contributed by atoms with Crippen molar-refractivity contribution >= 4 is 11.8 Å². The van der Waals surface area contributed by atoms with Crippen molar-refractivity contribution in [2.45, 2.75) is 71.1 Å². The van der Waals surface area contributed by atoms with Gasteiger partial charge in [-0.3, -0.25) is 4.98 Å². The fraction of sp³-hybridized carbons (Fsp3) is 0.591. The van der Waals surface area contributed by atoms with Gasteiger partial charge < -0.3 is 21.1 Å². The largest absolute Gasteiger partial charge is 0.393 e. The van der Waals surface area contributed by atoms with Crippen molar-refractivity contribution in [1.82, 2.24) is 20.3 Å². The van der Waals surface area contributed by atoms with Crippen molar-refractivity contribution < 1.29 is 5.11 Å². The Kier molecular flexibility index (Phi) is 8.19. The van der Waals surface area contributed by atoms with E-state index in [9.17, 15) is 5.11 Å². The summed E-state index contributed by atoms with van der Waals surface area (Å²) in [5.74, 6) is 1.46. The number of aliphatic hydroxyl groups is 1. The molecule has 0 aliphatic heterocycles. The van der Waals surface area contributed by atoms with Crippen molar-refractivity contribution in [3.8, 4) is 11.3 Å². The number of aromatic nitrogens is 3. The van der Waals surface area contributed by atoms with Crippen LogP contribution in [0.15, 0.2) is 24.5 Å². The number of nitrogens with zero attached hydrogens (tertiary/aromatic N) is 3. The molecule has 7 nitrogen and oxygen atoms in total. The monoisotopic (exact) mass is 398 g/mol. The molecule has 1 aliphatic rings. The molecule has 3 rings (SSSR count). The van der Waals surface area contributed by atoms with Gasteiger partial charge in [-0.2, -0.15) is 4.98 Å². The zero-order chi connectivity index (χ0) is 20.5. The first-order valence-electron chi connectivity index (χ1n) is 10.9. The summed E-state index contributed by atoms with van der Waals surface area (Å²) >= 11 is 0. The Labute approximate surface area is 173 Å². The summed E-state index contributed by atoms with van der Waals surface area (Å²) in [6, 6.07) is 4.44. The average Bonchev–Trinajstić information content (AvgIpc) is 2.75. The molecule has 0 amide bonds. The van der Waals surface area contributed by atoms with Crippen LogP contribution in [0.1, 0.15) is 57.9 Å². The molecule has 0 spiro atoms. The van der Waals surface area contributed by atoms with E-state index in [1.54, 1.807) is 0 Å². The van der Waals surface area contributed by atoms with E-state index in [-0.39, 0.29) is 6.10 Å². The van der Waals surface area contributed by atoms with Crippen LogP contribution in [0.3, 0.4) is 0 Å². The number of pyridine rings is 1. The maximum Gasteiger partial charge on any atom is 0.224 e. The van der Waals surface area contributed by atoms with E-state index in [0.717, 1.165) is 80.8 Å². The van der Waals surface area contributed by atoms with E-state index < -0.39 is 0 Å². The molecule has 0 atom stereocenters. The minimum absolute atomic E-state index is 0.171. The van der Waals surface area contributed by atoms with Gasteiger partial charge in [0.05, 0.1) is 17.4 Å². The fourth-order valence-corrected chi connectivity index (χ4v) is 3.51. The number of hydrogen-bond donors (Lipinski definition) is 4. The second-order valence-corrected chi connectivity index (χ2v) is 7.72. The Morgan fingerprint density at radius 2 is 1.90 bits per heavy atom. The molecule has 0 unspecified atom stereocenters. The van der Waals surface area contributed by atoms with E-state index in [2.05, 4.69) is 45.8 Å². The molecule has 7 heteroatoms. The number of aliphatic hydroxyl groups excluding tert-OH is 1. The summed E-state index contributed by atoms with van der Waals surface area (Å²) in [5.41, 5.74) is 2.93. The minimum Gasteiger partial charge on any atom is -0.393 e. The molecule has 0 radical (unpaired) electrons. The van der Waals surface area contributed by atoms with Crippen LogP contribution >= 0.6 is 0 Å². The van der Waals surface area contributed by atoms with Crippen LogP contribution < -0.4 is 16.0 Å². The van der Waals surface area contributed by atoms with Crippen molar-refractivity contribution in [3.05, 3.63) is 30.1 Å². The average molecular weight is 399 g/mol. The predicted octanol–water partition coefficient (Wildman–Crippen LogP) is 3.58. The Bertz CT molecular complexity index is 743. The van der Waals surface area contributed by atoms with E-state index in [1.165, 1.54) is 0 Å². The van der Waals surface area contributed by atoms with E-state index in [1.807, 2.05) is 18.5 Å². The molecular weight excluding hydrogens is 364 g/mol. The zero-order valence-electron chi connectivity index (χ0n) is 17.6. The van der Waals surface area contributed by atoms with Crippen molar-refractivity contribution in [2.75, 3.05) is 23.7 Å². The first kappa shape index (κ1) is 21.5. The third-order valence-electron chi connectivity index (χ3n) is 5.32. The third kappa shape index (κ3) is 6.37. The summed E-state index contributed by atoms with van der Waals surface area (Å²) in [5, 5.41) is 20.0. The highest BCUT2D eigenvalue weighted by molar-refractivity contribution is 5.72. The van der Waals surface area contributed by atoms with Crippen LogP contribution in [0.5, 0.6) is 0 Å². The van der Waals surface area contributed by atoms with Crippen LogP contribution in [0, 0.1) is 0 Å². The molecule has 29 heavy (non-hydrogen) atoms. The third-order valence-corrected chi connectivity index (χ3v) is 5.32. The first-order chi connectivity index (χ1) is 14.2. The van der Waals surface area contributed by atoms with Crippen LogP contribution in [-0.4, -0.2) is 45.3 Å². The summed E-state index contributed by atoms with van der Waals surface area (Å²) < 4.78 is 0. The molecule has 0 aromatic carbocycles. The van der Waals surface area contributed by atoms with Crippen LogP contribution in [0.4, 0.5) is 11.8 Å². The maximum absolute atomic E-state index is 9.80. The fourth-order valence-electron chi connectivity index (χ4n) is 3.51. The Hall–Kier alpha value is -2.25. The number of hydrogen-bond acceptors (Lipinski definition) is 7. The van der Waals surface area contributed by atoms with Gasteiger partial charge in [0, 0.05) is 31.5 Å². The molecule has 2 aromatic rings. The van der Waals surface area contributed by atoms with Crippen LogP contribution in [0.25, 0.3) is 11.3 Å². The molecule has 0 bridgehead atoms. The molecule has 0 saturated heterocycles. The van der Waals surface area contributed by atoms with Gasteiger partial charge in [-0.1, -0.05) is 26.3 Å². The number of anilines is 2. The van der Waals surface area contributed by atoms with Gasteiger partial charge in [0.25, 0.3) is 0 Å². The highest BCUT2D eigenvalue weighted by atomic mass is 16.3. The van der Waals surface area contributed by atoms with Gasteiger partial charge in [-0.15, -0.1) is 0 Å². The highest BCUT2D eigenvalue weighted by Crippen LogP contribution is 2.29. The van der Waals surface area contributed by atoms with Gasteiger partial charge >= 0.3 is 0 Å². The number of unbranched alkanes of at least 4 members (excludes halogenated alkanes) is 1. The lowest BCUT2D eigenvalue weighted by atomic mass is 9.93. The van der Waals surface area contributed by atoms with Crippen molar-refractivity contribution in [3.63, 3.8) is 0 Å². The Morgan fingerprint density at radius 3 is 2.59 bits per heavy atom. The van der Waals surface area contributed by atoms with Gasteiger partial charge in [-0.05, 0) is 50.3 Å². The summed E-state index contributed by atoms with van der Waals surface area (Å²) in [4.78, 5) is 13.9. The normalized spacial score (nSPS) is 19.1. The van der Waals surface area contributed by atoms with Crippen LogP contribution in [0.2, 0.25) is 0 Å². The summed E-state index contributed by atoms with van der Waals surface area (Å²) in [7, 11) is 0. The predicted molar refractivity (Wildman–Crippen MR) is 118 cm³/mol. The maximum atomic E-state index is 9.80. The second kappa shape index (κ2) is 11.1. The summed E-state index contributed by atoms with van der Waals surface area (Å²) in [6.45, 7) is 6.88. The van der Waals surface area contributed by atoms with Gasteiger partial charge in [0.15, 0.2) is 0 Å². The van der Waals surface area contributed by atoms with E-state index in [0.29, 0.717) is 12.0 Å². The lowest BCUT2D eigenvalue weighted by Crippen LogP contribution is -2.29. The molecule has 2 aromatic heterocycles. The van der Waals surface area contributed by atoms with Crippen molar-refractivity contribution in [1.29, 1.82) is 0 Å². The summed E-state index contributed by atoms with van der Waals surface area (Å²) in [6.07, 6.45) is 9.35. The molecule has 1 saturated carbocycles. The van der Waals surface area contributed by atoms with Crippen molar-refractivity contribution in [2.24, 2.45) is 0 Å². The smallest absolute Gasteiger partial charge is 0.224 e. The molecule has 2 heterocycles. The lowest BCUT2D eigenvalue weighted by Gasteiger charge is -2.27. The first-order valence-corrected chi connectivity index (χ1v) is 10.9. The van der Waals surface area contributed by atoms with Gasteiger partial charge in [0.1, 0.15) is 5.82 Å². The quantitative estimate of drug-likeness (QED) is 0.454. The van der Waals surface area contributed by atoms with E-state index in [4.69, 9.17) is 4.98 Å². The van der Waals surface area contributed by atoms with Crippen LogP contribution in [-0.2, 0) is 6.54 Å². The zero-order valence-corrected chi connectivity index (χ0v) is 17.6. The van der Waals surface area contributed by atoms with Gasteiger partial charge in [0.2, 0.25) is 5.95 Å². The minimum atomic E-state index is -0.171. The molecule has 1 aliphatic carbocycles. The Balaban J connectivity index is 1.80. The topological polar surface area (TPSA) is 95.0 Å². The standard InChI is InChI=1S/C22H34N6O/c1-3-5-12-24-22-26-15-19(20-11-6-16(14-25-20)13-23-4-2)21(28-22)27-17-7-9-18(29)10-8-17/h6,11,14-15,17-18,23,29H,3-5,7-10,12-13H2,1-2H3,(H2,24,26,27,28)/t17-,18-. The molecular formula is C22H34N6O. The molecule has 158 valence electrons. The lowest BCUT2D eigenvalue weighted by molar-refractivity contribution is 0.126. The number of nitrogens with one attached hydrogen (secondary N) is 3. The van der Waals surface area contributed by atoms with E-state index >= 15 is 0 Å². The SMILES string of the molecule is CCCCNc1ncc(-c2ccc(CNCC)cn2)c(N[C@H]2CC[C@H](O)CC2)n1. The number of rotatable bonds is 10. The highest BCUT2D eigenvalue weighted by Gasteiger charge is 2.21.